The zero-order chi connectivity index (χ0) is 18.2. The molecule has 1 aliphatic carbocycles. The van der Waals surface area contributed by atoms with E-state index in [0.717, 1.165) is 40.0 Å². The maximum Gasteiger partial charge on any atom is 0.277 e. The van der Waals surface area contributed by atoms with Crippen molar-refractivity contribution in [2.24, 2.45) is 5.92 Å². The van der Waals surface area contributed by atoms with Crippen LogP contribution in [0, 0.1) is 5.92 Å². The maximum absolute atomic E-state index is 5.87. The molecule has 0 saturated carbocycles. The number of thioether (sulfide) groups is 1. The van der Waals surface area contributed by atoms with Crippen LogP contribution in [-0.2, 0) is 18.6 Å². The third-order valence-electron chi connectivity index (χ3n) is 4.61. The Morgan fingerprint density at radius 1 is 1.26 bits per heavy atom. The van der Waals surface area contributed by atoms with Gasteiger partial charge in [-0.3, -0.25) is 0 Å². The Labute approximate surface area is 168 Å². The number of aryl methyl sites for hydroxylation is 1. The number of aromatic nitrogens is 3. The zero-order valence-electron chi connectivity index (χ0n) is 14.7. The minimum Gasteiger partial charge on any atom is -0.410 e. The highest BCUT2D eigenvalue weighted by Gasteiger charge is 2.21. The monoisotopic (exact) mass is 415 g/mol. The Morgan fingerprint density at radius 2 is 2.22 bits per heavy atom. The molecule has 4 aromatic rings. The van der Waals surface area contributed by atoms with Crippen LogP contribution < -0.4 is 0 Å². The van der Waals surface area contributed by atoms with E-state index in [4.69, 9.17) is 8.94 Å². The molecule has 1 atom stereocenters. The molecule has 1 aliphatic rings. The quantitative estimate of drug-likeness (QED) is 0.376. The summed E-state index contributed by atoms with van der Waals surface area (Å²) in [5.41, 5.74) is 2.31. The first-order chi connectivity index (χ1) is 13.2. The van der Waals surface area contributed by atoms with Gasteiger partial charge in [-0.1, -0.05) is 29.9 Å². The van der Waals surface area contributed by atoms with Crippen molar-refractivity contribution >= 4 is 34.4 Å². The molecule has 0 aromatic carbocycles. The van der Waals surface area contributed by atoms with E-state index in [-0.39, 0.29) is 0 Å². The van der Waals surface area contributed by atoms with Gasteiger partial charge in [0, 0.05) is 16.7 Å². The first kappa shape index (κ1) is 17.2. The molecule has 5 rings (SSSR count). The lowest BCUT2D eigenvalue weighted by Crippen LogP contribution is -2.07. The molecule has 4 aromatic heterocycles. The van der Waals surface area contributed by atoms with Crippen LogP contribution in [0.5, 0.6) is 0 Å². The molecular weight excluding hydrogens is 398 g/mol. The van der Waals surface area contributed by atoms with Crippen molar-refractivity contribution in [2.75, 3.05) is 0 Å². The summed E-state index contributed by atoms with van der Waals surface area (Å²) in [6.07, 6.45) is 3.58. The summed E-state index contributed by atoms with van der Waals surface area (Å²) >= 11 is 4.90. The predicted octanol–water partition coefficient (Wildman–Crippen LogP) is 5.93. The molecule has 0 bridgehead atoms. The van der Waals surface area contributed by atoms with E-state index in [1.807, 2.05) is 23.6 Å². The summed E-state index contributed by atoms with van der Waals surface area (Å²) in [5.74, 6) is 2.80. The van der Waals surface area contributed by atoms with Crippen LogP contribution in [0.15, 0.2) is 43.8 Å². The Hall–Kier alpha value is -1.90. The summed E-state index contributed by atoms with van der Waals surface area (Å²) in [4.78, 5) is 3.63. The molecule has 0 saturated heterocycles. The molecule has 0 radical (unpaired) electrons. The fourth-order valence-electron chi connectivity index (χ4n) is 3.23. The standard InChI is InChI=1S/C19H17N3O2S3/c1-11-4-5-15-12(7-11)8-17(27-15)18-20-21-19(23-18)26-10-13-9-14(24-22-13)16-3-2-6-25-16/h2-3,6,8-9,11H,4-5,7,10H2,1H3/t11-/m1/s1. The number of thiophene rings is 2. The second-order valence-electron chi connectivity index (χ2n) is 6.73. The predicted molar refractivity (Wildman–Crippen MR) is 108 cm³/mol. The fourth-order valence-corrected chi connectivity index (χ4v) is 5.68. The lowest BCUT2D eigenvalue weighted by Gasteiger charge is -2.16. The normalized spacial score (nSPS) is 16.6. The zero-order valence-corrected chi connectivity index (χ0v) is 17.1. The first-order valence-corrected chi connectivity index (χ1v) is 11.5. The van der Waals surface area contributed by atoms with E-state index in [1.165, 1.54) is 28.6 Å². The van der Waals surface area contributed by atoms with Gasteiger partial charge < -0.3 is 8.94 Å². The summed E-state index contributed by atoms with van der Waals surface area (Å²) < 4.78 is 11.3. The highest BCUT2D eigenvalue weighted by molar-refractivity contribution is 7.98. The Kier molecular flexibility index (Phi) is 4.63. The van der Waals surface area contributed by atoms with Crippen molar-refractivity contribution in [3.63, 3.8) is 0 Å². The molecule has 5 nitrogen and oxygen atoms in total. The topological polar surface area (TPSA) is 65.0 Å². The van der Waals surface area contributed by atoms with Crippen molar-refractivity contribution in [1.29, 1.82) is 0 Å². The van der Waals surface area contributed by atoms with Gasteiger partial charge in [-0.15, -0.1) is 32.9 Å². The fraction of sp³-hybridized carbons (Fsp3) is 0.316. The van der Waals surface area contributed by atoms with Crippen LogP contribution in [0.25, 0.3) is 21.4 Å². The van der Waals surface area contributed by atoms with Crippen LogP contribution in [0.3, 0.4) is 0 Å². The van der Waals surface area contributed by atoms with Gasteiger partial charge in [-0.05, 0) is 48.3 Å². The molecule has 0 aliphatic heterocycles. The van der Waals surface area contributed by atoms with Gasteiger partial charge in [0.05, 0.1) is 15.4 Å². The van der Waals surface area contributed by atoms with Gasteiger partial charge >= 0.3 is 0 Å². The number of rotatable bonds is 5. The number of fused-ring (bicyclic) bond motifs is 1. The number of hydrogen-bond donors (Lipinski definition) is 0. The lowest BCUT2D eigenvalue weighted by molar-refractivity contribution is 0.427. The van der Waals surface area contributed by atoms with Crippen LogP contribution in [0.1, 0.15) is 29.5 Å². The second-order valence-corrected chi connectivity index (χ2v) is 9.74. The van der Waals surface area contributed by atoms with Gasteiger partial charge in [0.25, 0.3) is 11.1 Å². The van der Waals surface area contributed by atoms with E-state index in [1.54, 1.807) is 22.7 Å². The van der Waals surface area contributed by atoms with Crippen molar-refractivity contribution in [3.8, 4) is 21.4 Å². The SMILES string of the molecule is C[C@@H]1CCc2sc(-c3nnc(SCc4cc(-c5cccs5)on4)o3)cc2C1. The van der Waals surface area contributed by atoms with E-state index in [0.29, 0.717) is 16.9 Å². The molecule has 0 unspecified atom stereocenters. The van der Waals surface area contributed by atoms with Gasteiger partial charge in [-0.2, -0.15) is 0 Å². The van der Waals surface area contributed by atoms with Gasteiger partial charge in [0.15, 0.2) is 5.76 Å². The molecule has 0 fully saturated rings. The largest absolute Gasteiger partial charge is 0.410 e. The van der Waals surface area contributed by atoms with Crippen molar-refractivity contribution in [1.82, 2.24) is 15.4 Å². The summed E-state index contributed by atoms with van der Waals surface area (Å²) in [5, 5.41) is 15.1. The summed E-state index contributed by atoms with van der Waals surface area (Å²) in [6, 6.07) is 8.21. The van der Waals surface area contributed by atoms with Crippen molar-refractivity contribution < 1.29 is 8.94 Å². The van der Waals surface area contributed by atoms with Crippen LogP contribution in [-0.4, -0.2) is 15.4 Å². The van der Waals surface area contributed by atoms with Crippen molar-refractivity contribution in [3.05, 3.63) is 45.8 Å². The molecule has 0 N–H and O–H groups in total. The van der Waals surface area contributed by atoms with Crippen LogP contribution >= 0.6 is 34.4 Å². The molecule has 0 spiro atoms. The van der Waals surface area contributed by atoms with Crippen LogP contribution in [0.4, 0.5) is 0 Å². The molecule has 27 heavy (non-hydrogen) atoms. The molecule has 0 amide bonds. The summed E-state index contributed by atoms with van der Waals surface area (Å²) in [6.45, 7) is 2.31. The Morgan fingerprint density at radius 3 is 3.11 bits per heavy atom. The van der Waals surface area contributed by atoms with E-state index in [9.17, 15) is 0 Å². The minimum absolute atomic E-state index is 0.561. The molecule has 8 heteroatoms. The molecular formula is C19H17N3O2S3. The second kappa shape index (κ2) is 7.26. The Bertz CT molecular complexity index is 1050. The summed E-state index contributed by atoms with van der Waals surface area (Å²) in [7, 11) is 0. The molecule has 4 heterocycles. The first-order valence-electron chi connectivity index (χ1n) is 8.82. The smallest absolute Gasteiger partial charge is 0.277 e. The Balaban J connectivity index is 1.26. The van der Waals surface area contributed by atoms with E-state index < -0.39 is 0 Å². The van der Waals surface area contributed by atoms with E-state index >= 15 is 0 Å². The minimum atomic E-state index is 0.561. The number of nitrogens with zero attached hydrogens (tertiary/aromatic N) is 3. The third-order valence-corrected chi connectivity index (χ3v) is 7.57. The molecule has 138 valence electrons. The lowest BCUT2D eigenvalue weighted by atomic mass is 9.90. The van der Waals surface area contributed by atoms with Crippen molar-refractivity contribution in [2.45, 2.75) is 37.2 Å². The maximum atomic E-state index is 5.87. The van der Waals surface area contributed by atoms with Gasteiger partial charge in [0.1, 0.15) is 0 Å². The van der Waals surface area contributed by atoms with Gasteiger partial charge in [0.2, 0.25) is 0 Å². The van der Waals surface area contributed by atoms with Crippen LogP contribution in [0.2, 0.25) is 0 Å². The van der Waals surface area contributed by atoms with Gasteiger partial charge in [-0.25, -0.2) is 0 Å². The highest BCUT2D eigenvalue weighted by atomic mass is 32.2. The third kappa shape index (κ3) is 3.61. The average molecular weight is 416 g/mol. The highest BCUT2D eigenvalue weighted by Crippen LogP contribution is 2.37. The van der Waals surface area contributed by atoms with E-state index in [2.05, 4.69) is 28.3 Å². The average Bonchev–Trinajstić information content (AvgIpc) is 3.45. The number of hydrogen-bond acceptors (Lipinski definition) is 8.